The van der Waals surface area contributed by atoms with Crippen LogP contribution in [-0.4, -0.2) is 17.8 Å². The van der Waals surface area contributed by atoms with Crippen molar-refractivity contribution in [2.45, 2.75) is 6.42 Å². The van der Waals surface area contributed by atoms with Crippen LogP contribution >= 0.6 is 11.6 Å². The molecule has 0 aliphatic carbocycles. The molecule has 0 atom stereocenters. The number of ketones is 1. The molecule has 2 rings (SSSR count). The third kappa shape index (κ3) is 3.38. The van der Waals surface area contributed by atoms with Crippen molar-refractivity contribution in [1.29, 1.82) is 0 Å². The van der Waals surface area contributed by atoms with E-state index in [1.807, 2.05) is 0 Å². The third-order valence-electron chi connectivity index (χ3n) is 3.01. The van der Waals surface area contributed by atoms with Gasteiger partial charge in [0.2, 0.25) is 0 Å². The van der Waals surface area contributed by atoms with E-state index >= 15 is 0 Å². The summed E-state index contributed by atoms with van der Waals surface area (Å²) in [6.07, 6.45) is 0.105. The Bertz CT molecular complexity index is 700. The van der Waals surface area contributed by atoms with Crippen LogP contribution in [0.15, 0.2) is 42.5 Å². The van der Waals surface area contributed by atoms with Crippen molar-refractivity contribution in [2.24, 2.45) is 0 Å². The van der Waals surface area contributed by atoms with Crippen molar-refractivity contribution in [3.63, 3.8) is 0 Å². The molecule has 6 heteroatoms. The van der Waals surface area contributed by atoms with Gasteiger partial charge in [-0.1, -0.05) is 29.8 Å². The molecule has 108 valence electrons. The fraction of sp³-hybridized carbons (Fsp3) is 0.133. The van der Waals surface area contributed by atoms with Crippen molar-refractivity contribution >= 4 is 23.1 Å². The van der Waals surface area contributed by atoms with Crippen molar-refractivity contribution in [3.05, 3.63) is 68.7 Å². The van der Waals surface area contributed by atoms with Crippen LogP contribution in [0.1, 0.15) is 15.9 Å². The van der Waals surface area contributed by atoms with E-state index in [1.54, 1.807) is 24.3 Å². The number of nitro benzene ring substituents is 1. The fourth-order valence-electron chi connectivity index (χ4n) is 1.93. The normalized spacial score (nSPS) is 10.2. The molecule has 0 aliphatic heterocycles. The first-order valence-corrected chi connectivity index (χ1v) is 6.49. The summed E-state index contributed by atoms with van der Waals surface area (Å²) in [6, 6.07) is 11.0. The van der Waals surface area contributed by atoms with Gasteiger partial charge in [-0.05, 0) is 17.7 Å². The molecular weight excluding hydrogens is 294 g/mol. The number of hydrogen-bond donors (Lipinski definition) is 0. The Morgan fingerprint density at radius 2 is 2.00 bits per heavy atom. The van der Waals surface area contributed by atoms with Gasteiger partial charge in [-0.3, -0.25) is 14.9 Å². The number of non-ortho nitro benzene ring substituents is 1. The number of ether oxygens (including phenoxy) is 1. The fourth-order valence-corrected chi connectivity index (χ4v) is 2.14. The highest BCUT2D eigenvalue weighted by molar-refractivity contribution is 6.31. The average molecular weight is 306 g/mol. The highest BCUT2D eigenvalue weighted by Crippen LogP contribution is 2.26. The van der Waals surface area contributed by atoms with Gasteiger partial charge >= 0.3 is 0 Å². The molecule has 0 N–H and O–H groups in total. The summed E-state index contributed by atoms with van der Waals surface area (Å²) in [5, 5.41) is 11.2. The molecule has 0 unspecified atom stereocenters. The zero-order valence-corrected chi connectivity index (χ0v) is 12.0. The number of nitro groups is 1. The standard InChI is InChI=1S/C15H12ClNO4/c1-21-15-9-11(17(19)20)6-7-12(15)14(18)8-10-4-2-3-5-13(10)16/h2-7,9H,8H2,1H3. The van der Waals surface area contributed by atoms with Gasteiger partial charge in [0.1, 0.15) is 5.75 Å². The quantitative estimate of drug-likeness (QED) is 0.480. The minimum Gasteiger partial charge on any atom is -0.496 e. The van der Waals surface area contributed by atoms with E-state index in [2.05, 4.69) is 0 Å². The summed E-state index contributed by atoms with van der Waals surface area (Å²) in [4.78, 5) is 22.5. The second-order valence-corrected chi connectivity index (χ2v) is 4.74. The molecule has 0 spiro atoms. The van der Waals surface area contributed by atoms with E-state index in [-0.39, 0.29) is 23.6 Å². The van der Waals surface area contributed by atoms with Crippen LogP contribution in [0.5, 0.6) is 5.75 Å². The average Bonchev–Trinajstić information content (AvgIpc) is 2.48. The maximum atomic E-state index is 12.3. The van der Waals surface area contributed by atoms with Crippen LogP contribution in [0.4, 0.5) is 5.69 Å². The smallest absolute Gasteiger partial charge is 0.273 e. The summed E-state index contributed by atoms with van der Waals surface area (Å²) in [5.74, 6) is -0.0314. The van der Waals surface area contributed by atoms with Gasteiger partial charge in [-0.15, -0.1) is 0 Å². The van der Waals surface area contributed by atoms with E-state index in [0.29, 0.717) is 16.1 Å². The summed E-state index contributed by atoms with van der Waals surface area (Å²) >= 11 is 6.02. The van der Waals surface area contributed by atoms with Gasteiger partial charge in [-0.2, -0.15) is 0 Å². The lowest BCUT2D eigenvalue weighted by Crippen LogP contribution is -2.06. The molecule has 0 aromatic heterocycles. The van der Waals surface area contributed by atoms with Gasteiger partial charge in [-0.25, -0.2) is 0 Å². The predicted octanol–water partition coefficient (Wildman–Crippen LogP) is 3.68. The molecule has 2 aromatic rings. The number of hydrogen-bond acceptors (Lipinski definition) is 4. The molecule has 2 aromatic carbocycles. The SMILES string of the molecule is COc1cc([N+](=O)[O-])ccc1C(=O)Cc1ccccc1Cl. The third-order valence-corrected chi connectivity index (χ3v) is 3.37. The zero-order chi connectivity index (χ0) is 15.4. The molecule has 0 amide bonds. The lowest BCUT2D eigenvalue weighted by Gasteiger charge is -2.08. The van der Waals surface area contributed by atoms with E-state index in [4.69, 9.17) is 16.3 Å². The summed E-state index contributed by atoms with van der Waals surface area (Å²) in [5.41, 5.74) is 0.869. The van der Waals surface area contributed by atoms with E-state index in [0.717, 1.165) is 0 Å². The van der Waals surface area contributed by atoms with Crippen molar-refractivity contribution in [2.75, 3.05) is 7.11 Å². The minimum absolute atomic E-state index is 0.105. The number of methoxy groups -OCH3 is 1. The lowest BCUT2D eigenvalue weighted by atomic mass is 10.0. The number of nitrogens with zero attached hydrogens (tertiary/aromatic N) is 1. The van der Waals surface area contributed by atoms with Crippen LogP contribution in [0.2, 0.25) is 5.02 Å². The van der Waals surface area contributed by atoms with Gasteiger partial charge in [0.05, 0.1) is 23.7 Å². The van der Waals surface area contributed by atoms with Crippen LogP contribution in [0, 0.1) is 10.1 Å². The maximum absolute atomic E-state index is 12.3. The number of rotatable bonds is 5. The van der Waals surface area contributed by atoms with E-state index in [9.17, 15) is 14.9 Å². The van der Waals surface area contributed by atoms with E-state index < -0.39 is 4.92 Å². The van der Waals surface area contributed by atoms with Crippen molar-refractivity contribution < 1.29 is 14.5 Å². The predicted molar refractivity (Wildman–Crippen MR) is 79.1 cm³/mol. The topological polar surface area (TPSA) is 69.4 Å². The van der Waals surface area contributed by atoms with Gasteiger partial charge < -0.3 is 4.74 Å². The Labute approximate surface area is 126 Å². The van der Waals surface area contributed by atoms with Crippen molar-refractivity contribution in [3.8, 4) is 5.75 Å². The van der Waals surface area contributed by atoms with Gasteiger partial charge in [0.15, 0.2) is 5.78 Å². The van der Waals surface area contributed by atoms with Gasteiger partial charge in [0, 0.05) is 17.5 Å². The molecule has 0 bridgehead atoms. The first kappa shape index (κ1) is 15.0. The number of benzene rings is 2. The zero-order valence-electron chi connectivity index (χ0n) is 11.2. The Morgan fingerprint density at radius 3 is 2.62 bits per heavy atom. The molecule has 0 aliphatic rings. The van der Waals surface area contributed by atoms with Crippen LogP contribution in [0.25, 0.3) is 0 Å². The lowest BCUT2D eigenvalue weighted by molar-refractivity contribution is -0.384. The molecule has 0 saturated heterocycles. The molecule has 5 nitrogen and oxygen atoms in total. The van der Waals surface area contributed by atoms with Crippen LogP contribution in [0.3, 0.4) is 0 Å². The Morgan fingerprint density at radius 1 is 1.29 bits per heavy atom. The minimum atomic E-state index is -0.537. The molecule has 21 heavy (non-hydrogen) atoms. The number of carbonyl (C=O) groups excluding carboxylic acids is 1. The Hall–Kier alpha value is -2.40. The summed E-state index contributed by atoms with van der Waals surface area (Å²) in [7, 11) is 1.37. The first-order chi connectivity index (χ1) is 10.0. The first-order valence-electron chi connectivity index (χ1n) is 6.12. The largest absolute Gasteiger partial charge is 0.496 e. The second-order valence-electron chi connectivity index (χ2n) is 4.33. The number of halogens is 1. The summed E-state index contributed by atoms with van der Waals surface area (Å²) < 4.78 is 5.07. The van der Waals surface area contributed by atoms with E-state index in [1.165, 1.54) is 25.3 Å². The van der Waals surface area contributed by atoms with Crippen LogP contribution < -0.4 is 4.74 Å². The monoisotopic (exact) mass is 305 g/mol. The van der Waals surface area contributed by atoms with Crippen molar-refractivity contribution in [1.82, 2.24) is 0 Å². The Balaban J connectivity index is 2.31. The van der Waals surface area contributed by atoms with Gasteiger partial charge in [0.25, 0.3) is 5.69 Å². The Kier molecular flexibility index (Phi) is 4.55. The molecule has 0 saturated carbocycles. The number of carbonyl (C=O) groups is 1. The second kappa shape index (κ2) is 6.37. The van der Waals surface area contributed by atoms with Crippen LogP contribution in [-0.2, 0) is 6.42 Å². The number of Topliss-reactive ketones (excluding diaryl/α,β-unsaturated/α-hetero) is 1. The maximum Gasteiger partial charge on any atom is 0.273 e. The molecule has 0 fully saturated rings. The highest BCUT2D eigenvalue weighted by atomic mass is 35.5. The highest BCUT2D eigenvalue weighted by Gasteiger charge is 2.17. The summed E-state index contributed by atoms with van der Waals surface area (Å²) in [6.45, 7) is 0. The molecule has 0 heterocycles. The molecular formula is C15H12ClNO4. The molecule has 0 radical (unpaired) electrons.